The minimum atomic E-state index is 0.0798. The predicted octanol–water partition coefficient (Wildman–Crippen LogP) is 2.41. The lowest BCUT2D eigenvalue weighted by molar-refractivity contribution is 0.449. The lowest BCUT2D eigenvalue weighted by Gasteiger charge is -1.95. The number of hydrogen-bond donors (Lipinski definition) is 3. The van der Waals surface area contributed by atoms with Crippen LogP contribution in [0, 0.1) is 0 Å². The molecule has 0 amide bonds. The maximum atomic E-state index is 8.86. The van der Waals surface area contributed by atoms with E-state index < -0.39 is 0 Å². The molecule has 3 heteroatoms. The summed E-state index contributed by atoms with van der Waals surface area (Å²) in [5.41, 5.74) is 0. The quantitative estimate of drug-likeness (QED) is 0.415. The highest BCUT2D eigenvalue weighted by Gasteiger charge is 1.94. The maximum Gasteiger partial charge on any atom is 0.129 e. The van der Waals surface area contributed by atoms with Gasteiger partial charge in [-0.25, -0.2) is 0 Å². The molecular formula is C8H12O2S. The van der Waals surface area contributed by atoms with E-state index >= 15 is 0 Å². The van der Waals surface area contributed by atoms with Gasteiger partial charge in [-0.3, -0.25) is 0 Å². The fraction of sp³-hybridized carbons (Fsp3) is 0.250. The summed E-state index contributed by atoms with van der Waals surface area (Å²) in [6, 6.07) is 4.16. The van der Waals surface area contributed by atoms with Crippen molar-refractivity contribution in [2.75, 3.05) is 0 Å². The van der Waals surface area contributed by atoms with Gasteiger partial charge in [0.1, 0.15) is 11.5 Å². The fourth-order valence-corrected chi connectivity index (χ4v) is 0.719. The smallest absolute Gasteiger partial charge is 0.129 e. The molecule has 0 aromatic heterocycles. The van der Waals surface area contributed by atoms with Crippen LogP contribution < -0.4 is 0 Å². The second-order valence-electron chi connectivity index (χ2n) is 1.67. The molecule has 0 atom stereocenters. The van der Waals surface area contributed by atoms with Crippen molar-refractivity contribution in [3.8, 4) is 11.5 Å². The van der Waals surface area contributed by atoms with Crippen LogP contribution in [0.1, 0.15) is 13.8 Å². The second-order valence-corrected chi connectivity index (χ2v) is 2.15. The zero-order chi connectivity index (χ0) is 8.85. The van der Waals surface area contributed by atoms with Gasteiger partial charge >= 0.3 is 0 Å². The van der Waals surface area contributed by atoms with Gasteiger partial charge in [0.25, 0.3) is 0 Å². The molecule has 0 saturated carbocycles. The molecule has 0 unspecified atom stereocenters. The summed E-state index contributed by atoms with van der Waals surface area (Å²) in [5, 5.41) is 17.6. The molecule has 0 radical (unpaired) electrons. The molecule has 0 fully saturated rings. The summed E-state index contributed by atoms with van der Waals surface area (Å²) in [7, 11) is 0. The van der Waals surface area contributed by atoms with Crippen LogP contribution in [-0.4, -0.2) is 10.2 Å². The van der Waals surface area contributed by atoms with E-state index in [0.717, 1.165) is 0 Å². The molecule has 2 nitrogen and oxygen atoms in total. The summed E-state index contributed by atoms with van der Waals surface area (Å²) in [5.74, 6) is 0.189. The molecular weight excluding hydrogens is 160 g/mol. The molecule has 1 aromatic carbocycles. The average molecular weight is 172 g/mol. The molecule has 2 N–H and O–H groups in total. The van der Waals surface area contributed by atoms with E-state index in [-0.39, 0.29) is 11.5 Å². The number of thiol groups is 1. The van der Waals surface area contributed by atoms with Gasteiger partial charge in [-0.1, -0.05) is 13.8 Å². The highest BCUT2D eigenvalue weighted by molar-refractivity contribution is 7.80. The second kappa shape index (κ2) is 4.91. The van der Waals surface area contributed by atoms with Gasteiger partial charge in [0.15, 0.2) is 0 Å². The Balaban J connectivity index is 0.000000461. The van der Waals surface area contributed by atoms with Gasteiger partial charge in [0, 0.05) is 4.90 Å². The van der Waals surface area contributed by atoms with Crippen LogP contribution in [0.5, 0.6) is 11.5 Å². The molecule has 11 heavy (non-hydrogen) atoms. The van der Waals surface area contributed by atoms with Crippen molar-refractivity contribution in [1.82, 2.24) is 0 Å². The monoisotopic (exact) mass is 172 g/mol. The van der Waals surface area contributed by atoms with Gasteiger partial charge < -0.3 is 10.2 Å². The number of benzene rings is 1. The lowest BCUT2D eigenvalue weighted by atomic mass is 10.3. The van der Waals surface area contributed by atoms with Gasteiger partial charge in [0.05, 0.1) is 0 Å². The van der Waals surface area contributed by atoms with Crippen molar-refractivity contribution in [3.63, 3.8) is 0 Å². The first kappa shape index (κ1) is 10.2. The zero-order valence-corrected chi connectivity index (χ0v) is 7.47. The highest BCUT2D eigenvalue weighted by atomic mass is 32.1. The van der Waals surface area contributed by atoms with E-state index in [1.54, 1.807) is 0 Å². The Hall–Kier alpha value is -0.830. The SMILES string of the molecule is CC.Oc1ccc(O)c(S)c1. The largest absolute Gasteiger partial charge is 0.508 e. The minimum Gasteiger partial charge on any atom is -0.508 e. The first-order valence-corrected chi connectivity index (χ1v) is 3.86. The van der Waals surface area contributed by atoms with Crippen molar-refractivity contribution in [1.29, 1.82) is 0 Å². The van der Waals surface area contributed by atoms with Crippen LogP contribution in [0.3, 0.4) is 0 Å². The highest BCUT2D eigenvalue weighted by Crippen LogP contribution is 2.24. The summed E-state index contributed by atoms with van der Waals surface area (Å²) < 4.78 is 0. The van der Waals surface area contributed by atoms with E-state index in [1.165, 1.54) is 18.2 Å². The molecule has 0 aliphatic rings. The normalized spacial score (nSPS) is 8.27. The maximum absolute atomic E-state index is 8.86. The Kier molecular flexibility index (Phi) is 4.54. The van der Waals surface area contributed by atoms with Crippen molar-refractivity contribution < 1.29 is 10.2 Å². The van der Waals surface area contributed by atoms with Crippen LogP contribution in [0.4, 0.5) is 0 Å². The van der Waals surface area contributed by atoms with Crippen molar-refractivity contribution in [2.45, 2.75) is 18.7 Å². The fourth-order valence-electron chi connectivity index (χ4n) is 0.512. The summed E-state index contributed by atoms with van der Waals surface area (Å²) >= 11 is 3.86. The number of hydrogen-bond acceptors (Lipinski definition) is 3. The standard InChI is InChI=1S/C6H6O2S.C2H6/c7-4-1-2-5(8)6(9)3-4;1-2/h1-3,7-9H;1-2H3. The van der Waals surface area contributed by atoms with Gasteiger partial charge in [-0.15, -0.1) is 12.6 Å². The van der Waals surface area contributed by atoms with Crippen LogP contribution in [-0.2, 0) is 0 Å². The number of aromatic hydroxyl groups is 2. The van der Waals surface area contributed by atoms with Crippen LogP contribution in [0.15, 0.2) is 23.1 Å². The molecule has 62 valence electrons. The molecule has 1 aromatic rings. The van der Waals surface area contributed by atoms with Crippen molar-refractivity contribution in [2.24, 2.45) is 0 Å². The van der Waals surface area contributed by atoms with Crippen LogP contribution in [0.2, 0.25) is 0 Å². The molecule has 0 bridgehead atoms. The Bertz CT molecular complexity index is 223. The van der Waals surface area contributed by atoms with E-state index in [0.29, 0.717) is 4.90 Å². The number of rotatable bonds is 0. The van der Waals surface area contributed by atoms with Gasteiger partial charge in [-0.2, -0.15) is 0 Å². The molecule has 0 saturated heterocycles. The number of phenols is 2. The van der Waals surface area contributed by atoms with Crippen LogP contribution >= 0.6 is 12.6 Å². The van der Waals surface area contributed by atoms with E-state index in [1.807, 2.05) is 13.8 Å². The minimum absolute atomic E-state index is 0.0798. The third kappa shape index (κ3) is 3.18. The van der Waals surface area contributed by atoms with E-state index in [4.69, 9.17) is 10.2 Å². The Morgan fingerprint density at radius 1 is 1.18 bits per heavy atom. The molecule has 0 aliphatic carbocycles. The number of phenolic OH excluding ortho intramolecular Hbond substituents is 2. The average Bonchev–Trinajstić information content (AvgIpc) is 2.02. The first-order valence-electron chi connectivity index (χ1n) is 3.41. The molecule has 0 aliphatic heterocycles. The lowest BCUT2D eigenvalue weighted by Crippen LogP contribution is -1.67. The van der Waals surface area contributed by atoms with E-state index in [2.05, 4.69) is 12.6 Å². The Labute approximate surface area is 71.9 Å². The predicted molar refractivity (Wildman–Crippen MR) is 48.4 cm³/mol. The zero-order valence-electron chi connectivity index (χ0n) is 6.57. The third-order valence-electron chi connectivity index (χ3n) is 0.959. The topological polar surface area (TPSA) is 40.5 Å². The Morgan fingerprint density at radius 2 is 1.73 bits per heavy atom. The molecule has 0 spiro atoms. The third-order valence-corrected chi connectivity index (χ3v) is 1.32. The molecule has 1 rings (SSSR count). The summed E-state index contributed by atoms with van der Waals surface area (Å²) in [6.07, 6.45) is 0. The first-order chi connectivity index (χ1) is 5.20. The van der Waals surface area contributed by atoms with Gasteiger partial charge in [0.2, 0.25) is 0 Å². The van der Waals surface area contributed by atoms with Crippen molar-refractivity contribution >= 4 is 12.6 Å². The van der Waals surface area contributed by atoms with Gasteiger partial charge in [-0.05, 0) is 18.2 Å². The summed E-state index contributed by atoms with van der Waals surface area (Å²) in [6.45, 7) is 4.00. The van der Waals surface area contributed by atoms with Crippen molar-refractivity contribution in [3.05, 3.63) is 18.2 Å². The Morgan fingerprint density at radius 3 is 2.09 bits per heavy atom. The van der Waals surface area contributed by atoms with E-state index in [9.17, 15) is 0 Å². The summed E-state index contributed by atoms with van der Waals surface area (Å²) in [4.78, 5) is 0.384. The molecule has 0 heterocycles. The van der Waals surface area contributed by atoms with Crippen LogP contribution in [0.25, 0.3) is 0 Å².